The molecule has 2 aromatic rings. The van der Waals surface area contributed by atoms with Crippen molar-refractivity contribution in [3.05, 3.63) is 59.3 Å². The number of aliphatic hydroxyl groups is 1. The van der Waals surface area contributed by atoms with Gasteiger partial charge in [0.15, 0.2) is 0 Å². The lowest BCUT2D eigenvalue weighted by molar-refractivity contribution is 0.241. The molecule has 0 aliphatic rings. The molecule has 1 aromatic carbocycles. The van der Waals surface area contributed by atoms with E-state index in [0.29, 0.717) is 0 Å². The van der Waals surface area contributed by atoms with Crippen molar-refractivity contribution < 1.29 is 22.3 Å². The largest absolute Gasteiger partial charge is 0.468 e. The Morgan fingerprint density at radius 2 is 2.18 bits per heavy atom. The minimum absolute atomic E-state index is 0.123. The molecule has 2 N–H and O–H groups in total. The highest BCUT2D eigenvalue weighted by Gasteiger charge is 2.22. The minimum atomic E-state index is -3.94. The molecule has 1 heterocycles. The van der Waals surface area contributed by atoms with Gasteiger partial charge >= 0.3 is 0 Å². The van der Waals surface area contributed by atoms with E-state index in [1.54, 1.807) is 6.07 Å². The van der Waals surface area contributed by atoms with Gasteiger partial charge in [0, 0.05) is 5.56 Å². The molecule has 6 nitrogen and oxygen atoms in total. The van der Waals surface area contributed by atoms with E-state index in [0.717, 1.165) is 6.07 Å². The van der Waals surface area contributed by atoms with Crippen molar-refractivity contribution in [1.82, 2.24) is 4.72 Å². The van der Waals surface area contributed by atoms with Crippen LogP contribution >= 0.6 is 0 Å². The van der Waals surface area contributed by atoms with E-state index in [1.165, 1.54) is 24.5 Å². The van der Waals surface area contributed by atoms with Crippen LogP contribution in [-0.2, 0) is 15.8 Å². The molecule has 0 fully saturated rings. The Bertz CT molecular complexity index is 782. The molecule has 1 unspecified atom stereocenters. The van der Waals surface area contributed by atoms with E-state index in [1.807, 2.05) is 6.07 Å². The maximum atomic E-state index is 13.7. The molecule has 0 radical (unpaired) electrons. The van der Waals surface area contributed by atoms with Crippen LogP contribution < -0.4 is 4.72 Å². The van der Waals surface area contributed by atoms with Gasteiger partial charge < -0.3 is 9.52 Å². The van der Waals surface area contributed by atoms with Gasteiger partial charge in [-0.2, -0.15) is 5.26 Å². The maximum absolute atomic E-state index is 13.7. The van der Waals surface area contributed by atoms with Gasteiger partial charge in [0.2, 0.25) is 10.0 Å². The number of nitrogens with one attached hydrogen (secondary N) is 1. The molecule has 1 atom stereocenters. The molecular formula is C14H13FN2O4S. The van der Waals surface area contributed by atoms with E-state index in [2.05, 4.69) is 4.72 Å². The highest BCUT2D eigenvalue weighted by molar-refractivity contribution is 7.88. The maximum Gasteiger partial charge on any atom is 0.216 e. The van der Waals surface area contributed by atoms with Crippen LogP contribution in [0.25, 0.3) is 0 Å². The molecule has 22 heavy (non-hydrogen) atoms. The van der Waals surface area contributed by atoms with Crippen LogP contribution in [0.2, 0.25) is 0 Å². The first kappa shape index (κ1) is 16.2. The van der Waals surface area contributed by atoms with Crippen LogP contribution in [0, 0.1) is 17.1 Å². The van der Waals surface area contributed by atoms with Gasteiger partial charge in [-0.05, 0) is 30.3 Å². The lowest BCUT2D eigenvalue weighted by atomic mass is 10.1. The van der Waals surface area contributed by atoms with Crippen LogP contribution in [0.5, 0.6) is 0 Å². The van der Waals surface area contributed by atoms with Gasteiger partial charge in [-0.3, -0.25) is 0 Å². The molecular weight excluding hydrogens is 311 g/mol. The molecule has 0 spiro atoms. The summed E-state index contributed by atoms with van der Waals surface area (Å²) in [5, 5.41) is 18.0. The lowest BCUT2D eigenvalue weighted by Gasteiger charge is -2.14. The van der Waals surface area contributed by atoms with Crippen molar-refractivity contribution in [1.29, 1.82) is 5.26 Å². The Balaban J connectivity index is 2.19. The van der Waals surface area contributed by atoms with Crippen LogP contribution in [0.4, 0.5) is 4.39 Å². The predicted octanol–water partition coefficient (Wildman–Crippen LogP) is 1.44. The Hall–Kier alpha value is -2.21. The van der Waals surface area contributed by atoms with Gasteiger partial charge in [-0.15, -0.1) is 0 Å². The average molecular weight is 324 g/mol. The number of nitrogens with zero attached hydrogens (tertiary/aromatic N) is 1. The molecule has 0 amide bonds. The Morgan fingerprint density at radius 1 is 1.41 bits per heavy atom. The summed E-state index contributed by atoms with van der Waals surface area (Å²) in [5.74, 6) is -1.12. The van der Waals surface area contributed by atoms with Gasteiger partial charge in [-0.1, -0.05) is 0 Å². The molecule has 0 bridgehead atoms. The van der Waals surface area contributed by atoms with Crippen molar-refractivity contribution in [2.24, 2.45) is 0 Å². The van der Waals surface area contributed by atoms with Crippen molar-refractivity contribution in [2.75, 3.05) is 6.61 Å². The first-order valence-corrected chi connectivity index (χ1v) is 7.93. The fourth-order valence-corrected chi connectivity index (χ4v) is 3.23. The van der Waals surface area contributed by atoms with Crippen LogP contribution in [0.1, 0.15) is 22.9 Å². The molecule has 0 aliphatic heterocycles. The topological polar surface area (TPSA) is 103 Å². The normalized spacial score (nSPS) is 12.8. The van der Waals surface area contributed by atoms with Gasteiger partial charge in [0.25, 0.3) is 0 Å². The first-order valence-electron chi connectivity index (χ1n) is 6.28. The Kier molecular flexibility index (Phi) is 4.92. The standard InChI is InChI=1S/C14H13FN2O4S/c15-12-4-3-10(7-16)6-11(12)9-22(19,20)17-13(8-18)14-2-1-5-21-14/h1-6,13,17-18H,8-9H2. The zero-order valence-electron chi connectivity index (χ0n) is 11.4. The molecule has 0 saturated carbocycles. The number of furan rings is 1. The summed E-state index contributed by atoms with van der Waals surface area (Å²) in [6.07, 6.45) is 1.35. The zero-order valence-corrected chi connectivity index (χ0v) is 12.2. The fraction of sp³-hybridized carbons (Fsp3) is 0.214. The summed E-state index contributed by atoms with van der Waals surface area (Å²) in [6.45, 7) is -0.506. The third-order valence-electron chi connectivity index (χ3n) is 2.91. The third kappa shape index (κ3) is 3.92. The summed E-state index contributed by atoms with van der Waals surface area (Å²) in [5.41, 5.74) is 0.0408. The second kappa shape index (κ2) is 6.70. The van der Waals surface area contributed by atoms with E-state index < -0.39 is 34.2 Å². The smallest absolute Gasteiger partial charge is 0.216 e. The SMILES string of the molecule is N#Cc1ccc(F)c(CS(=O)(=O)NC(CO)c2ccco2)c1. The molecule has 0 saturated heterocycles. The van der Waals surface area contributed by atoms with Crippen molar-refractivity contribution in [3.8, 4) is 6.07 Å². The molecule has 116 valence electrons. The van der Waals surface area contributed by atoms with Crippen molar-refractivity contribution in [3.63, 3.8) is 0 Å². The molecule has 1 aromatic heterocycles. The van der Waals surface area contributed by atoms with Gasteiger partial charge in [0.05, 0.1) is 30.3 Å². The first-order chi connectivity index (χ1) is 10.4. The molecule has 0 aliphatic carbocycles. The average Bonchev–Trinajstić information content (AvgIpc) is 3.01. The molecule has 8 heteroatoms. The number of benzene rings is 1. The quantitative estimate of drug-likeness (QED) is 0.837. The van der Waals surface area contributed by atoms with Crippen LogP contribution in [-0.4, -0.2) is 20.1 Å². The monoisotopic (exact) mass is 324 g/mol. The predicted molar refractivity (Wildman–Crippen MR) is 75.4 cm³/mol. The lowest BCUT2D eigenvalue weighted by Crippen LogP contribution is -2.31. The number of hydrogen-bond donors (Lipinski definition) is 2. The second-order valence-corrected chi connectivity index (χ2v) is 6.30. The number of aliphatic hydroxyl groups excluding tert-OH is 1. The summed E-state index contributed by atoms with van der Waals surface area (Å²) in [4.78, 5) is 0. The number of nitriles is 1. The summed E-state index contributed by atoms with van der Waals surface area (Å²) >= 11 is 0. The second-order valence-electron chi connectivity index (χ2n) is 4.55. The number of rotatable bonds is 6. The van der Waals surface area contributed by atoms with E-state index in [-0.39, 0.29) is 16.9 Å². The minimum Gasteiger partial charge on any atom is -0.468 e. The summed E-state index contributed by atoms with van der Waals surface area (Å²) in [7, 11) is -3.94. The van der Waals surface area contributed by atoms with Crippen molar-refractivity contribution in [2.45, 2.75) is 11.8 Å². The third-order valence-corrected chi connectivity index (χ3v) is 4.25. The number of hydrogen-bond acceptors (Lipinski definition) is 5. The van der Waals surface area contributed by atoms with Crippen molar-refractivity contribution >= 4 is 10.0 Å². The van der Waals surface area contributed by atoms with Crippen LogP contribution in [0.15, 0.2) is 41.0 Å². The van der Waals surface area contributed by atoms with Gasteiger partial charge in [-0.25, -0.2) is 17.5 Å². The zero-order chi connectivity index (χ0) is 16.2. The summed E-state index contributed by atoms with van der Waals surface area (Å²) in [6, 6.07) is 7.41. The highest BCUT2D eigenvalue weighted by Crippen LogP contribution is 2.17. The van der Waals surface area contributed by atoms with E-state index >= 15 is 0 Å². The number of sulfonamides is 1. The van der Waals surface area contributed by atoms with Gasteiger partial charge in [0.1, 0.15) is 17.6 Å². The number of halogens is 1. The fourth-order valence-electron chi connectivity index (χ4n) is 1.89. The van der Waals surface area contributed by atoms with E-state index in [9.17, 15) is 17.9 Å². The molecule has 2 rings (SSSR count). The summed E-state index contributed by atoms with van der Waals surface area (Å²) < 4.78 is 45.1. The van der Waals surface area contributed by atoms with E-state index in [4.69, 9.17) is 9.68 Å². The highest BCUT2D eigenvalue weighted by atomic mass is 32.2. The van der Waals surface area contributed by atoms with Crippen LogP contribution in [0.3, 0.4) is 0 Å². The Morgan fingerprint density at radius 3 is 2.77 bits per heavy atom. The Labute approximate surface area is 126 Å².